The molecule has 0 heterocycles. The molecule has 0 saturated heterocycles. The Bertz CT molecular complexity index is 13.6. The molecule has 0 atom stereocenters. The fourth-order valence-electron chi connectivity index (χ4n) is 0.354. The summed E-state index contributed by atoms with van der Waals surface area (Å²) in [5.41, 5.74) is 0. The van der Waals surface area contributed by atoms with Crippen LogP contribution in [0.25, 0.3) is 0 Å². The van der Waals surface area contributed by atoms with Crippen LogP contribution in [-0.2, 0) is 0 Å². The Morgan fingerprint density at radius 3 is 1.14 bits per heavy atom. The Hall–Kier alpha value is 1.19. The molecule has 0 aromatic carbocycles. The summed E-state index contributed by atoms with van der Waals surface area (Å²) >= 11 is 0. The summed E-state index contributed by atoms with van der Waals surface area (Å²) in [6, 6.07) is 0. The minimum Gasteiger partial charge on any atom is -0.0654 e. The molecule has 0 aliphatic carbocycles. The third-order valence-corrected chi connectivity index (χ3v) is 0.707. The second-order valence-corrected chi connectivity index (χ2v) is 1.35. The minimum atomic E-state index is 0. The average Bonchev–Trinajstić information content (AvgIpc) is 1.41. The van der Waals surface area contributed by atoms with Gasteiger partial charge in [0.05, 0.1) is 0 Å². The van der Waals surface area contributed by atoms with E-state index in [2.05, 4.69) is 13.8 Å². The molecule has 0 saturated carbocycles. The first-order valence-electron chi connectivity index (χ1n) is 2.41. The third kappa shape index (κ3) is 19.0. The van der Waals surface area contributed by atoms with Crippen LogP contribution in [0.4, 0.5) is 0 Å². The van der Waals surface area contributed by atoms with E-state index in [1.165, 1.54) is 19.3 Å². The molecule has 0 aliphatic rings. The molecule has 32 valence electrons. The SMILES string of the molecule is CCCCC.[Li+].[Li+]. The van der Waals surface area contributed by atoms with Crippen molar-refractivity contribution in [1.82, 2.24) is 0 Å². The molecule has 0 radical (unpaired) electrons. The van der Waals surface area contributed by atoms with Crippen LogP contribution >= 0.6 is 0 Å². The van der Waals surface area contributed by atoms with Gasteiger partial charge in [0.1, 0.15) is 0 Å². The number of rotatable bonds is 2. The maximum absolute atomic E-state index is 2.21. The fraction of sp³-hybridized carbons (Fsp3) is 1.00. The molecule has 0 spiro atoms. The molecular formula is C5H12Li2+2. The first-order valence-corrected chi connectivity index (χ1v) is 2.41. The molecule has 0 aromatic heterocycles. The molecule has 0 N–H and O–H groups in total. The number of unbranched alkanes of at least 4 members (excludes halogenated alkanes) is 2. The predicted molar refractivity (Wildman–Crippen MR) is 25.2 cm³/mol. The van der Waals surface area contributed by atoms with Gasteiger partial charge in [-0.2, -0.15) is 0 Å². The van der Waals surface area contributed by atoms with Crippen molar-refractivity contribution in [2.45, 2.75) is 33.1 Å². The van der Waals surface area contributed by atoms with E-state index in [0.29, 0.717) is 0 Å². The van der Waals surface area contributed by atoms with Crippen molar-refractivity contribution < 1.29 is 37.7 Å². The first kappa shape index (κ1) is 15.7. The van der Waals surface area contributed by atoms with Crippen molar-refractivity contribution >= 4 is 0 Å². The van der Waals surface area contributed by atoms with Crippen LogP contribution in [0.15, 0.2) is 0 Å². The number of hydrogen-bond donors (Lipinski definition) is 0. The van der Waals surface area contributed by atoms with Crippen molar-refractivity contribution in [2.24, 2.45) is 0 Å². The standard InChI is InChI=1S/C5H12.2Li/c1-3-5-4-2;;/h3-5H2,1-2H3;;/q;2*+1. The number of hydrogen-bond acceptors (Lipinski definition) is 0. The van der Waals surface area contributed by atoms with E-state index in [1.807, 2.05) is 0 Å². The molecule has 0 fully saturated rings. The van der Waals surface area contributed by atoms with Crippen LogP contribution in [0.2, 0.25) is 0 Å². The zero-order valence-electron chi connectivity index (χ0n) is 6.12. The van der Waals surface area contributed by atoms with Gasteiger partial charge in [0, 0.05) is 0 Å². The van der Waals surface area contributed by atoms with E-state index in [-0.39, 0.29) is 37.7 Å². The Kier molecular flexibility index (Phi) is 35.2. The zero-order valence-corrected chi connectivity index (χ0v) is 6.12. The molecular weight excluding hydrogens is 73.9 g/mol. The molecule has 0 amide bonds. The van der Waals surface area contributed by atoms with Gasteiger partial charge in [-0.15, -0.1) is 0 Å². The molecule has 0 rings (SSSR count). The quantitative estimate of drug-likeness (QED) is 0.302. The van der Waals surface area contributed by atoms with Gasteiger partial charge >= 0.3 is 37.7 Å². The predicted octanol–water partition coefficient (Wildman–Crippen LogP) is -3.80. The summed E-state index contributed by atoms with van der Waals surface area (Å²) in [7, 11) is 0. The van der Waals surface area contributed by atoms with Gasteiger partial charge in [-0.3, -0.25) is 0 Å². The van der Waals surface area contributed by atoms with Gasteiger partial charge in [-0.25, -0.2) is 0 Å². The van der Waals surface area contributed by atoms with Crippen molar-refractivity contribution in [3.05, 3.63) is 0 Å². The Labute approximate surface area is 70.8 Å². The summed E-state index contributed by atoms with van der Waals surface area (Å²) in [4.78, 5) is 0. The van der Waals surface area contributed by atoms with E-state index in [9.17, 15) is 0 Å². The zero-order chi connectivity index (χ0) is 4.12. The van der Waals surface area contributed by atoms with Crippen molar-refractivity contribution in [2.75, 3.05) is 0 Å². The van der Waals surface area contributed by atoms with E-state index < -0.39 is 0 Å². The van der Waals surface area contributed by atoms with Crippen LogP contribution in [0, 0.1) is 0 Å². The fourth-order valence-corrected chi connectivity index (χ4v) is 0.354. The van der Waals surface area contributed by atoms with Gasteiger partial charge < -0.3 is 0 Å². The maximum atomic E-state index is 2.21. The van der Waals surface area contributed by atoms with Crippen molar-refractivity contribution in [3.8, 4) is 0 Å². The Morgan fingerprint density at radius 2 is 1.14 bits per heavy atom. The molecule has 0 bridgehead atoms. The molecule has 0 aromatic rings. The third-order valence-electron chi connectivity index (χ3n) is 0.707. The van der Waals surface area contributed by atoms with Gasteiger partial charge in [-0.1, -0.05) is 33.1 Å². The van der Waals surface area contributed by atoms with Gasteiger partial charge in [0.15, 0.2) is 0 Å². The van der Waals surface area contributed by atoms with Gasteiger partial charge in [0.25, 0.3) is 0 Å². The molecule has 0 aliphatic heterocycles. The van der Waals surface area contributed by atoms with Crippen LogP contribution < -0.4 is 37.7 Å². The normalized spacial score (nSPS) is 6.00. The van der Waals surface area contributed by atoms with Gasteiger partial charge in [0.2, 0.25) is 0 Å². The molecule has 0 unspecified atom stereocenters. The summed E-state index contributed by atoms with van der Waals surface area (Å²) in [5, 5.41) is 0. The molecule has 7 heavy (non-hydrogen) atoms. The monoisotopic (exact) mass is 86.1 g/mol. The van der Waals surface area contributed by atoms with Crippen LogP contribution in [0.1, 0.15) is 33.1 Å². The summed E-state index contributed by atoms with van der Waals surface area (Å²) in [5.74, 6) is 0. The smallest absolute Gasteiger partial charge is 0.0654 e. The van der Waals surface area contributed by atoms with E-state index >= 15 is 0 Å². The van der Waals surface area contributed by atoms with Gasteiger partial charge in [-0.05, 0) is 0 Å². The van der Waals surface area contributed by atoms with E-state index in [0.717, 1.165) is 0 Å². The summed E-state index contributed by atoms with van der Waals surface area (Å²) < 4.78 is 0. The second kappa shape index (κ2) is 15.7. The topological polar surface area (TPSA) is 0 Å². The van der Waals surface area contributed by atoms with E-state index in [4.69, 9.17) is 0 Å². The van der Waals surface area contributed by atoms with E-state index in [1.54, 1.807) is 0 Å². The molecule has 0 nitrogen and oxygen atoms in total. The largest absolute Gasteiger partial charge is 1.00 e. The summed E-state index contributed by atoms with van der Waals surface area (Å²) in [6.07, 6.45) is 4.08. The minimum absolute atomic E-state index is 0. The van der Waals surface area contributed by atoms with Crippen LogP contribution in [0.3, 0.4) is 0 Å². The van der Waals surface area contributed by atoms with Crippen LogP contribution in [0.5, 0.6) is 0 Å². The Morgan fingerprint density at radius 1 is 0.857 bits per heavy atom. The second-order valence-electron chi connectivity index (χ2n) is 1.35. The average molecular weight is 86.0 g/mol. The van der Waals surface area contributed by atoms with Crippen LogP contribution in [-0.4, -0.2) is 0 Å². The Balaban J connectivity index is -0.0000000800. The summed E-state index contributed by atoms with van der Waals surface area (Å²) in [6.45, 7) is 4.42. The van der Waals surface area contributed by atoms with Crippen molar-refractivity contribution in [1.29, 1.82) is 0 Å². The molecule has 2 heteroatoms. The maximum Gasteiger partial charge on any atom is 1.00 e. The van der Waals surface area contributed by atoms with Crippen molar-refractivity contribution in [3.63, 3.8) is 0 Å². The first-order chi connectivity index (χ1) is 2.41.